The molecule has 0 bridgehead atoms. The van der Waals surface area contributed by atoms with E-state index in [4.69, 9.17) is 0 Å². The molecule has 1 heterocycles. The maximum absolute atomic E-state index is 12.6. The smallest absolute Gasteiger partial charge is 0.560 e. The molecule has 0 aliphatic rings. The molecule has 1 aromatic heterocycles. The Labute approximate surface area is 356 Å². The molecule has 0 unspecified atom stereocenters. The third-order valence-electron chi connectivity index (χ3n) is 5.85. The largest absolute Gasteiger partial charge is 1.00 e. The Bertz CT molecular complexity index is 1310. The van der Waals surface area contributed by atoms with Crippen molar-refractivity contribution in [3.63, 3.8) is 0 Å². The van der Waals surface area contributed by atoms with Crippen molar-refractivity contribution >= 4 is 0 Å². The fraction of sp³-hybridized carbons (Fsp3) is 0.694. The summed E-state index contributed by atoms with van der Waals surface area (Å²) in [5.41, 5.74) is -5.63. The zero-order chi connectivity index (χ0) is 44.8. The van der Waals surface area contributed by atoms with Crippen molar-refractivity contribution < 1.29 is 116 Å². The molecule has 0 saturated heterocycles. The van der Waals surface area contributed by atoms with Gasteiger partial charge in [-0.25, -0.2) is 9.47 Å². The molecule has 5 nitrogen and oxygen atoms in total. The SMILES string of the molecule is C.C.C.C.C[N+](C)(C)C(F)(F)F.C[N+](C)(C)CC(F)(F)F.C[N+](C)(C)Cc1cc(C(F)(F)F)cc(C(F)(F)F)c1.C[N+](C)(C)Cc1cc(C(F)(F)F)cc(C(F)(F)F)n1.[F-].[F-].[F-].[F-]. The van der Waals surface area contributed by atoms with E-state index in [1.807, 2.05) is 0 Å². The van der Waals surface area contributed by atoms with E-state index in [2.05, 4.69) is 4.98 Å². The summed E-state index contributed by atoms with van der Waals surface area (Å²) in [7, 11) is 17.8. The lowest BCUT2D eigenvalue weighted by Crippen LogP contribution is -3.00. The van der Waals surface area contributed by atoms with Gasteiger partial charge in [0, 0.05) is 5.56 Å². The Kier molecular flexibility index (Phi) is 36.8. The molecule has 0 spiro atoms. The van der Waals surface area contributed by atoms with Crippen molar-refractivity contribution in [2.45, 2.75) is 80.0 Å². The van der Waals surface area contributed by atoms with Gasteiger partial charge in [0.1, 0.15) is 18.8 Å². The summed E-state index contributed by atoms with van der Waals surface area (Å²) >= 11 is 0. The molecule has 0 fully saturated rings. The molecule has 63 heavy (non-hydrogen) atoms. The fourth-order valence-corrected chi connectivity index (χ4v) is 3.66. The lowest BCUT2D eigenvalue weighted by Gasteiger charge is -2.25. The zero-order valence-electron chi connectivity index (χ0n) is 33.6. The quantitative estimate of drug-likeness (QED) is 0.239. The molecular formula is C36H63F22N5. The number of hydrogen-bond acceptors (Lipinski definition) is 1. The van der Waals surface area contributed by atoms with Crippen molar-refractivity contribution in [1.29, 1.82) is 0 Å². The van der Waals surface area contributed by atoms with Crippen molar-refractivity contribution in [3.05, 3.63) is 64.0 Å². The molecule has 0 saturated carbocycles. The summed E-state index contributed by atoms with van der Waals surface area (Å²) in [5.74, 6) is 0. The number of nitrogens with zero attached hydrogens (tertiary/aromatic N) is 5. The predicted molar refractivity (Wildman–Crippen MR) is 194 cm³/mol. The molecule has 1 aromatic carbocycles. The average Bonchev–Trinajstić information content (AvgIpc) is 2.82. The van der Waals surface area contributed by atoms with Crippen LogP contribution in [0.5, 0.6) is 0 Å². The van der Waals surface area contributed by atoms with Crippen molar-refractivity contribution in [1.82, 2.24) is 4.98 Å². The highest BCUT2D eigenvalue weighted by Gasteiger charge is 2.45. The van der Waals surface area contributed by atoms with Gasteiger partial charge in [-0.3, -0.25) is 0 Å². The molecule has 2 aromatic rings. The highest BCUT2D eigenvalue weighted by atomic mass is 19.4. The van der Waals surface area contributed by atoms with Crippen molar-refractivity contribution in [2.75, 3.05) is 91.1 Å². The van der Waals surface area contributed by atoms with Crippen molar-refractivity contribution in [3.8, 4) is 0 Å². The molecular weight excluding hydrogens is 920 g/mol. The van der Waals surface area contributed by atoms with E-state index in [0.29, 0.717) is 6.07 Å². The van der Waals surface area contributed by atoms with E-state index in [9.17, 15) is 79.0 Å². The minimum Gasteiger partial charge on any atom is -1.00 e. The second-order valence-corrected chi connectivity index (χ2v) is 16.1. The molecule has 0 amide bonds. The van der Waals surface area contributed by atoms with Gasteiger partial charge in [0.15, 0.2) is 6.54 Å². The Morgan fingerprint density at radius 3 is 0.873 bits per heavy atom. The third-order valence-corrected chi connectivity index (χ3v) is 5.85. The van der Waals surface area contributed by atoms with E-state index in [-0.39, 0.29) is 98.5 Å². The summed E-state index contributed by atoms with van der Waals surface area (Å²) in [6.45, 7) is -0.729. The molecule has 2 rings (SSSR count). The summed E-state index contributed by atoms with van der Waals surface area (Å²) in [6, 6.07) is 2.34. The van der Waals surface area contributed by atoms with Gasteiger partial charge in [0.05, 0.1) is 107 Å². The number of pyridine rings is 1. The maximum atomic E-state index is 12.6. The van der Waals surface area contributed by atoms with Crippen molar-refractivity contribution in [2.24, 2.45) is 0 Å². The van der Waals surface area contributed by atoms with Crippen LogP contribution in [0.3, 0.4) is 0 Å². The summed E-state index contributed by atoms with van der Waals surface area (Å²) in [4.78, 5) is 3.26. The minimum absolute atomic E-state index is 0. The molecule has 0 N–H and O–H groups in total. The van der Waals surface area contributed by atoms with Crippen LogP contribution in [0.25, 0.3) is 0 Å². The van der Waals surface area contributed by atoms with Crippen LogP contribution in [0.15, 0.2) is 30.3 Å². The predicted octanol–water partition coefficient (Wildman–Crippen LogP) is 0.284. The van der Waals surface area contributed by atoms with E-state index in [0.717, 1.165) is 33.3 Å². The summed E-state index contributed by atoms with van der Waals surface area (Å²) in [6.07, 6.45) is -27.5. The normalized spacial score (nSPS) is 12.1. The molecule has 0 aliphatic carbocycles. The van der Waals surface area contributed by atoms with Gasteiger partial charge in [0.25, 0.3) is 0 Å². The Morgan fingerprint density at radius 2 is 0.683 bits per heavy atom. The second kappa shape index (κ2) is 27.9. The first-order valence-electron chi connectivity index (χ1n) is 15.3. The minimum atomic E-state index is -4.90. The van der Waals surface area contributed by atoms with Crippen LogP contribution in [0, 0.1) is 0 Å². The number of rotatable bonds is 5. The van der Waals surface area contributed by atoms with Crippen LogP contribution in [-0.4, -0.2) is 127 Å². The molecule has 27 heteroatoms. The first-order valence-corrected chi connectivity index (χ1v) is 15.3. The third kappa shape index (κ3) is 38.8. The number of hydrogen-bond donors (Lipinski definition) is 0. The van der Waals surface area contributed by atoms with E-state index >= 15 is 0 Å². The van der Waals surface area contributed by atoms with E-state index in [1.165, 1.54) is 21.1 Å². The number of benzene rings is 1. The highest BCUT2D eigenvalue weighted by Crippen LogP contribution is 2.37. The van der Waals surface area contributed by atoms with E-state index in [1.54, 1.807) is 42.3 Å². The summed E-state index contributed by atoms with van der Waals surface area (Å²) < 4.78 is 219. The number of alkyl halides is 18. The fourth-order valence-electron chi connectivity index (χ4n) is 3.66. The first-order chi connectivity index (χ1) is 23.5. The topological polar surface area (TPSA) is 12.9 Å². The van der Waals surface area contributed by atoms with Gasteiger partial charge in [-0.15, -0.1) is 13.2 Å². The monoisotopic (exact) mass is 983 g/mol. The second-order valence-electron chi connectivity index (χ2n) is 16.1. The van der Waals surface area contributed by atoms with Crippen LogP contribution in [-0.2, 0) is 37.8 Å². The van der Waals surface area contributed by atoms with Gasteiger partial charge in [0.2, 0.25) is 0 Å². The number of aromatic nitrogens is 1. The van der Waals surface area contributed by atoms with Crippen LogP contribution < -0.4 is 18.8 Å². The van der Waals surface area contributed by atoms with Gasteiger partial charge in [-0.05, 0) is 30.3 Å². The van der Waals surface area contributed by atoms with E-state index < -0.39 is 70.6 Å². The lowest BCUT2D eigenvalue weighted by atomic mass is 10.0. The Hall–Kier alpha value is -3.33. The van der Waals surface area contributed by atoms with Gasteiger partial charge in [-0.1, -0.05) is 29.7 Å². The van der Waals surface area contributed by atoms with Crippen LogP contribution in [0.2, 0.25) is 0 Å². The highest BCUT2D eigenvalue weighted by molar-refractivity contribution is 5.33. The number of quaternary nitrogens is 4. The zero-order valence-corrected chi connectivity index (χ0v) is 33.6. The number of halogens is 22. The average molecular weight is 984 g/mol. The van der Waals surface area contributed by atoms with Gasteiger partial charge >= 0.3 is 37.2 Å². The van der Waals surface area contributed by atoms with Crippen LogP contribution in [0.4, 0.5) is 79.0 Å². The molecule has 0 atom stereocenters. The van der Waals surface area contributed by atoms with Gasteiger partial charge < -0.3 is 32.3 Å². The summed E-state index contributed by atoms with van der Waals surface area (Å²) in [5, 5.41) is 0. The molecule has 0 aliphatic heterocycles. The Balaban J connectivity index is -0.0000000755. The standard InChI is InChI=1S/C12H14F6N.C11H13F6N2.C5H11F3N.C4H9F3N.4CH4.4FH/c1-19(2,3)7-8-4-9(11(13,14)15)6-10(5-8)12(16,17)18;1-19(2,3)6-8-4-7(10(12,13)14)5-9(18-8)11(15,16)17;1-9(2,3)4-5(6,7)8;1-8(2,3)4(5,6)7;;;;;;;;/h4-6H,7H2,1-3H3;4-5H,6H2,1-3H3;4H2,1-3H3;1-3H3;4*1H4;4*1H/q4*+1;;;;;;;;/p-4. The first kappa shape index (κ1) is 83.3. The van der Waals surface area contributed by atoms with Crippen LogP contribution in [0.1, 0.15) is 63.3 Å². The maximum Gasteiger partial charge on any atom is 0.560 e. The molecule has 0 radical (unpaired) electrons. The van der Waals surface area contributed by atoms with Gasteiger partial charge in [-0.2, -0.15) is 65.9 Å². The lowest BCUT2D eigenvalue weighted by molar-refractivity contribution is -0.981. The molecule has 386 valence electrons. The van der Waals surface area contributed by atoms with Crippen LogP contribution >= 0.6 is 0 Å². The Morgan fingerprint density at radius 1 is 0.397 bits per heavy atom.